The van der Waals surface area contributed by atoms with Crippen LogP contribution in [0.2, 0.25) is 0 Å². The van der Waals surface area contributed by atoms with Crippen molar-refractivity contribution in [2.75, 3.05) is 19.6 Å². The van der Waals surface area contributed by atoms with Crippen LogP contribution in [0.4, 0.5) is 0 Å². The third-order valence-electron chi connectivity index (χ3n) is 6.01. The van der Waals surface area contributed by atoms with Gasteiger partial charge in [-0.1, -0.05) is 61.5 Å². The Balaban J connectivity index is 1.20. The Morgan fingerprint density at radius 2 is 1.81 bits per heavy atom. The summed E-state index contributed by atoms with van der Waals surface area (Å²) >= 11 is 1.61. The van der Waals surface area contributed by atoms with Crippen LogP contribution in [0.1, 0.15) is 36.6 Å². The van der Waals surface area contributed by atoms with E-state index in [1.54, 1.807) is 11.3 Å². The van der Waals surface area contributed by atoms with Gasteiger partial charge in [-0.05, 0) is 36.8 Å². The number of hydrogen-bond donors (Lipinski definition) is 1. The topological polar surface area (TPSA) is 45.2 Å². The van der Waals surface area contributed by atoms with Crippen LogP contribution in [-0.2, 0) is 24.1 Å². The van der Waals surface area contributed by atoms with Crippen LogP contribution < -0.4 is 5.32 Å². The smallest absolute Gasteiger partial charge is 0.226 e. The fraction of sp³-hybridized carbons (Fsp3) is 0.385. The largest absolute Gasteiger partial charge is 0.353 e. The average Bonchev–Trinajstić information content (AvgIpc) is 3.27. The average molecular weight is 434 g/mol. The minimum Gasteiger partial charge on any atom is -0.353 e. The van der Waals surface area contributed by atoms with Crippen molar-refractivity contribution < 1.29 is 4.79 Å². The molecule has 5 heteroatoms. The quantitative estimate of drug-likeness (QED) is 0.558. The van der Waals surface area contributed by atoms with E-state index in [4.69, 9.17) is 0 Å². The normalized spacial score (nSPS) is 15.1. The number of likely N-dealkylation sites (tertiary alicyclic amines) is 1. The molecular weight excluding hydrogens is 402 g/mol. The lowest BCUT2D eigenvalue weighted by atomic mass is 10.0. The molecule has 2 heterocycles. The number of aryl methyl sites for hydroxylation is 1. The molecule has 2 aromatic carbocycles. The number of hydrogen-bond acceptors (Lipinski definition) is 4. The molecule has 162 valence electrons. The van der Waals surface area contributed by atoms with Crippen LogP contribution in [-0.4, -0.2) is 41.5 Å². The monoisotopic (exact) mass is 433 g/mol. The molecule has 31 heavy (non-hydrogen) atoms. The predicted octanol–water partition coefficient (Wildman–Crippen LogP) is 4.74. The second-order valence-corrected chi connectivity index (χ2v) is 9.15. The number of benzene rings is 2. The third-order valence-corrected chi connectivity index (χ3v) is 6.95. The highest BCUT2D eigenvalue weighted by Gasteiger charge is 2.21. The highest BCUT2D eigenvalue weighted by molar-refractivity contribution is 7.13. The van der Waals surface area contributed by atoms with Crippen molar-refractivity contribution >= 4 is 17.2 Å². The molecule has 4 nitrogen and oxygen atoms in total. The van der Waals surface area contributed by atoms with Gasteiger partial charge in [0.25, 0.3) is 0 Å². The number of carbonyl (C=O) groups is 1. The van der Waals surface area contributed by atoms with E-state index in [1.165, 1.54) is 11.1 Å². The predicted molar refractivity (Wildman–Crippen MR) is 128 cm³/mol. The lowest BCUT2D eigenvalue weighted by Crippen LogP contribution is -2.45. The van der Waals surface area contributed by atoms with Crippen molar-refractivity contribution in [3.8, 4) is 10.6 Å². The summed E-state index contributed by atoms with van der Waals surface area (Å²) in [5, 5.41) is 6.22. The first-order valence-electron chi connectivity index (χ1n) is 11.3. The van der Waals surface area contributed by atoms with Gasteiger partial charge in [0.05, 0.1) is 12.1 Å². The van der Waals surface area contributed by atoms with Crippen LogP contribution >= 0.6 is 11.3 Å². The molecule has 1 fully saturated rings. The summed E-state index contributed by atoms with van der Waals surface area (Å²) in [5.41, 5.74) is 4.70. The molecule has 1 aromatic heterocycles. The lowest BCUT2D eigenvalue weighted by Gasteiger charge is -2.32. The molecule has 0 bridgehead atoms. The van der Waals surface area contributed by atoms with Gasteiger partial charge in [-0.2, -0.15) is 0 Å². The molecule has 0 aliphatic carbocycles. The maximum absolute atomic E-state index is 12.5. The van der Waals surface area contributed by atoms with Gasteiger partial charge in [0.2, 0.25) is 5.91 Å². The standard InChI is InChI=1S/C26H31N3OS/c1-2-20-8-10-22(11-9-20)26-28-24(19-31-26)18-25(30)27-23-13-16-29(17-14-23)15-12-21-6-4-3-5-7-21/h3-11,19,23H,2,12-18H2,1H3,(H,27,30). The molecule has 3 aromatic rings. The fourth-order valence-corrected chi connectivity index (χ4v) is 4.91. The molecule has 1 saturated heterocycles. The Bertz CT molecular complexity index is 960. The molecule has 0 unspecified atom stereocenters. The van der Waals surface area contributed by atoms with Crippen molar-refractivity contribution in [3.05, 3.63) is 76.8 Å². The van der Waals surface area contributed by atoms with Crippen LogP contribution in [0.25, 0.3) is 10.6 Å². The summed E-state index contributed by atoms with van der Waals surface area (Å²) in [7, 11) is 0. The van der Waals surface area contributed by atoms with E-state index in [2.05, 4.69) is 76.7 Å². The summed E-state index contributed by atoms with van der Waals surface area (Å²) < 4.78 is 0. The fourth-order valence-electron chi connectivity index (χ4n) is 4.08. The summed E-state index contributed by atoms with van der Waals surface area (Å²) in [6, 6.07) is 19.5. The second kappa shape index (κ2) is 10.7. The van der Waals surface area contributed by atoms with Gasteiger partial charge in [0, 0.05) is 36.6 Å². The summed E-state index contributed by atoms with van der Waals surface area (Å²) in [4.78, 5) is 19.7. The zero-order chi connectivity index (χ0) is 21.5. The van der Waals surface area contributed by atoms with Crippen molar-refractivity contribution in [2.45, 2.75) is 45.1 Å². The summed E-state index contributed by atoms with van der Waals surface area (Å²) in [6.07, 6.45) is 4.53. The second-order valence-electron chi connectivity index (χ2n) is 8.29. The number of nitrogens with one attached hydrogen (secondary N) is 1. The van der Waals surface area contributed by atoms with Crippen molar-refractivity contribution in [1.29, 1.82) is 0 Å². The molecule has 1 aliphatic rings. The molecule has 0 atom stereocenters. The Labute approximate surface area is 189 Å². The first-order chi connectivity index (χ1) is 15.2. The molecule has 1 aliphatic heterocycles. The van der Waals surface area contributed by atoms with Crippen molar-refractivity contribution in [1.82, 2.24) is 15.2 Å². The Morgan fingerprint density at radius 3 is 2.52 bits per heavy atom. The van der Waals surface area contributed by atoms with E-state index in [1.807, 2.05) is 5.38 Å². The zero-order valence-electron chi connectivity index (χ0n) is 18.2. The van der Waals surface area contributed by atoms with Crippen molar-refractivity contribution in [2.24, 2.45) is 0 Å². The molecular formula is C26H31N3OS. The molecule has 0 radical (unpaired) electrons. The lowest BCUT2D eigenvalue weighted by molar-refractivity contribution is -0.121. The van der Waals surface area contributed by atoms with Gasteiger partial charge >= 0.3 is 0 Å². The number of nitrogens with zero attached hydrogens (tertiary/aromatic N) is 2. The SMILES string of the molecule is CCc1ccc(-c2nc(CC(=O)NC3CCN(CCc4ccccc4)CC3)cs2)cc1. The van der Waals surface area contributed by atoms with E-state index in [0.29, 0.717) is 6.42 Å². The highest BCUT2D eigenvalue weighted by atomic mass is 32.1. The summed E-state index contributed by atoms with van der Waals surface area (Å²) in [6.45, 7) is 5.34. The van der Waals surface area contributed by atoms with Crippen LogP contribution in [0.15, 0.2) is 60.0 Å². The van der Waals surface area contributed by atoms with Gasteiger partial charge in [-0.25, -0.2) is 4.98 Å². The first kappa shape index (κ1) is 21.7. The first-order valence-corrected chi connectivity index (χ1v) is 12.2. The molecule has 0 spiro atoms. The third kappa shape index (κ3) is 6.25. The van der Waals surface area contributed by atoms with Gasteiger partial charge in [-0.15, -0.1) is 11.3 Å². The van der Waals surface area contributed by atoms with Crippen LogP contribution in [0.5, 0.6) is 0 Å². The molecule has 4 rings (SSSR count). The molecule has 1 N–H and O–H groups in total. The van der Waals surface area contributed by atoms with E-state index < -0.39 is 0 Å². The molecule has 0 saturated carbocycles. The zero-order valence-corrected chi connectivity index (χ0v) is 19.0. The number of rotatable bonds is 8. The van der Waals surface area contributed by atoms with Gasteiger partial charge in [0.1, 0.15) is 5.01 Å². The Hall–Kier alpha value is -2.50. The van der Waals surface area contributed by atoms with Crippen LogP contribution in [0, 0.1) is 0 Å². The highest BCUT2D eigenvalue weighted by Crippen LogP contribution is 2.24. The Morgan fingerprint density at radius 1 is 1.06 bits per heavy atom. The van der Waals surface area contributed by atoms with E-state index in [9.17, 15) is 4.79 Å². The maximum Gasteiger partial charge on any atom is 0.226 e. The maximum atomic E-state index is 12.5. The Kier molecular flexibility index (Phi) is 7.49. The molecule has 1 amide bonds. The van der Waals surface area contributed by atoms with Crippen molar-refractivity contribution in [3.63, 3.8) is 0 Å². The number of aromatic nitrogens is 1. The van der Waals surface area contributed by atoms with E-state index >= 15 is 0 Å². The van der Waals surface area contributed by atoms with Gasteiger partial charge in [0.15, 0.2) is 0 Å². The minimum absolute atomic E-state index is 0.0842. The van der Waals surface area contributed by atoms with Crippen LogP contribution in [0.3, 0.4) is 0 Å². The van der Waals surface area contributed by atoms with E-state index in [0.717, 1.165) is 61.6 Å². The van der Waals surface area contributed by atoms with Gasteiger partial charge in [-0.3, -0.25) is 4.79 Å². The van der Waals surface area contributed by atoms with E-state index in [-0.39, 0.29) is 11.9 Å². The number of piperidine rings is 1. The summed E-state index contributed by atoms with van der Waals surface area (Å²) in [5.74, 6) is 0.0842. The minimum atomic E-state index is 0.0842. The number of carbonyl (C=O) groups excluding carboxylic acids is 1. The number of amides is 1. The number of thiazole rings is 1. The van der Waals surface area contributed by atoms with Gasteiger partial charge < -0.3 is 10.2 Å².